The molecule has 0 aliphatic rings. The molecule has 0 aliphatic carbocycles. The van der Waals surface area contributed by atoms with Crippen molar-refractivity contribution in [2.75, 3.05) is 34.5 Å². The van der Waals surface area contributed by atoms with Crippen LogP contribution < -0.4 is 19.5 Å². The molecule has 1 rings (SSSR count). The summed E-state index contributed by atoms with van der Waals surface area (Å²) in [5.41, 5.74) is 0.854. The van der Waals surface area contributed by atoms with Gasteiger partial charge in [-0.3, -0.25) is 0 Å². The van der Waals surface area contributed by atoms with E-state index in [1.807, 2.05) is 0 Å². The molecular formula is C13H21NO5. The number of rotatable bonds is 8. The number of nitrogens with one attached hydrogen (secondary N) is 1. The quantitative estimate of drug-likeness (QED) is 0.625. The average molecular weight is 271 g/mol. The van der Waals surface area contributed by atoms with E-state index in [-0.39, 0.29) is 19.3 Å². The van der Waals surface area contributed by atoms with Gasteiger partial charge >= 0.3 is 0 Å². The summed E-state index contributed by atoms with van der Waals surface area (Å²) in [6.07, 6.45) is 0. The molecule has 0 unspecified atom stereocenters. The molecule has 0 aliphatic heterocycles. The highest BCUT2D eigenvalue weighted by Crippen LogP contribution is 2.34. The van der Waals surface area contributed by atoms with Crippen molar-refractivity contribution in [2.45, 2.75) is 12.6 Å². The Morgan fingerprint density at radius 2 is 1.47 bits per heavy atom. The fourth-order valence-corrected chi connectivity index (χ4v) is 1.67. The predicted octanol–water partition coefficient (Wildman–Crippen LogP) is 0.155. The summed E-state index contributed by atoms with van der Waals surface area (Å²) >= 11 is 0. The molecule has 6 heteroatoms. The first kappa shape index (κ1) is 15.6. The summed E-state index contributed by atoms with van der Waals surface area (Å²) in [7, 11) is 4.69. The third-order valence-corrected chi connectivity index (χ3v) is 2.81. The zero-order valence-electron chi connectivity index (χ0n) is 11.5. The lowest BCUT2D eigenvalue weighted by atomic mass is 10.1. The van der Waals surface area contributed by atoms with E-state index >= 15 is 0 Å². The van der Waals surface area contributed by atoms with Crippen LogP contribution in [0.25, 0.3) is 0 Å². The molecule has 0 aromatic heterocycles. The molecule has 108 valence electrons. The minimum Gasteiger partial charge on any atom is -0.496 e. The molecule has 0 radical (unpaired) electrons. The van der Waals surface area contributed by atoms with E-state index in [1.54, 1.807) is 33.5 Å². The second kappa shape index (κ2) is 7.83. The van der Waals surface area contributed by atoms with E-state index in [4.69, 9.17) is 24.4 Å². The molecule has 1 aromatic carbocycles. The monoisotopic (exact) mass is 271 g/mol. The number of aliphatic hydroxyl groups is 2. The first-order chi connectivity index (χ1) is 9.19. The van der Waals surface area contributed by atoms with Gasteiger partial charge in [-0.15, -0.1) is 0 Å². The number of aliphatic hydroxyl groups excluding tert-OH is 2. The maximum atomic E-state index is 9.02. The topological polar surface area (TPSA) is 80.2 Å². The lowest BCUT2D eigenvalue weighted by molar-refractivity contribution is 0.170. The SMILES string of the molecule is COc1cc(OC)c(OC)cc1CNC(CO)CO. The summed E-state index contributed by atoms with van der Waals surface area (Å²) in [6.45, 7) is 0.174. The van der Waals surface area contributed by atoms with E-state index in [0.29, 0.717) is 23.8 Å². The first-order valence-corrected chi connectivity index (χ1v) is 5.94. The van der Waals surface area contributed by atoms with Crippen molar-refractivity contribution in [2.24, 2.45) is 0 Å². The molecule has 0 heterocycles. The molecule has 0 bridgehead atoms. The Balaban J connectivity index is 2.92. The van der Waals surface area contributed by atoms with Crippen molar-refractivity contribution in [1.29, 1.82) is 0 Å². The van der Waals surface area contributed by atoms with Crippen molar-refractivity contribution in [3.8, 4) is 17.2 Å². The summed E-state index contributed by atoms with van der Waals surface area (Å²) in [5, 5.41) is 21.1. The van der Waals surface area contributed by atoms with Gasteiger partial charge < -0.3 is 29.7 Å². The Bertz CT molecular complexity index is 393. The number of hydrogen-bond acceptors (Lipinski definition) is 6. The third-order valence-electron chi connectivity index (χ3n) is 2.81. The van der Waals surface area contributed by atoms with E-state index < -0.39 is 0 Å². The van der Waals surface area contributed by atoms with Gasteiger partial charge in [0.1, 0.15) is 5.75 Å². The highest BCUT2D eigenvalue weighted by atomic mass is 16.5. The molecule has 19 heavy (non-hydrogen) atoms. The second-order valence-electron chi connectivity index (χ2n) is 3.96. The van der Waals surface area contributed by atoms with Crippen molar-refractivity contribution >= 4 is 0 Å². The normalized spacial score (nSPS) is 10.6. The van der Waals surface area contributed by atoms with E-state index in [2.05, 4.69) is 5.32 Å². The summed E-state index contributed by atoms with van der Waals surface area (Å²) < 4.78 is 15.7. The summed E-state index contributed by atoms with van der Waals surface area (Å²) in [4.78, 5) is 0. The molecule has 0 saturated heterocycles. The maximum Gasteiger partial charge on any atom is 0.164 e. The number of ether oxygens (including phenoxy) is 3. The molecule has 6 nitrogen and oxygen atoms in total. The minimum atomic E-state index is -0.363. The Morgan fingerprint density at radius 1 is 0.947 bits per heavy atom. The Hall–Kier alpha value is -1.50. The molecular weight excluding hydrogens is 250 g/mol. The second-order valence-corrected chi connectivity index (χ2v) is 3.96. The lowest BCUT2D eigenvalue weighted by Crippen LogP contribution is -2.35. The number of hydrogen-bond donors (Lipinski definition) is 3. The Morgan fingerprint density at radius 3 is 1.95 bits per heavy atom. The van der Waals surface area contributed by atoms with Gasteiger partial charge in [0.25, 0.3) is 0 Å². The molecule has 0 spiro atoms. The van der Waals surface area contributed by atoms with E-state index in [1.165, 1.54) is 0 Å². The average Bonchev–Trinajstić information content (AvgIpc) is 2.47. The van der Waals surface area contributed by atoms with Gasteiger partial charge in [-0.05, 0) is 6.07 Å². The van der Waals surface area contributed by atoms with Crippen LogP contribution in [0.3, 0.4) is 0 Å². The molecule has 0 saturated carbocycles. The highest BCUT2D eigenvalue weighted by Gasteiger charge is 2.13. The van der Waals surface area contributed by atoms with Crippen LogP contribution in [0.4, 0.5) is 0 Å². The molecule has 0 atom stereocenters. The van der Waals surface area contributed by atoms with Gasteiger partial charge in [0.2, 0.25) is 0 Å². The van der Waals surface area contributed by atoms with Crippen molar-refractivity contribution in [1.82, 2.24) is 5.32 Å². The smallest absolute Gasteiger partial charge is 0.164 e. The van der Waals surface area contributed by atoms with Gasteiger partial charge in [0, 0.05) is 18.2 Å². The maximum absolute atomic E-state index is 9.02. The zero-order valence-corrected chi connectivity index (χ0v) is 11.5. The van der Waals surface area contributed by atoms with Crippen LogP contribution in [0, 0.1) is 0 Å². The first-order valence-electron chi connectivity index (χ1n) is 5.94. The third kappa shape index (κ3) is 3.99. The minimum absolute atomic E-state index is 0.133. The van der Waals surface area contributed by atoms with Crippen LogP contribution in [0.5, 0.6) is 17.2 Å². The van der Waals surface area contributed by atoms with Gasteiger partial charge in [-0.2, -0.15) is 0 Å². The Kier molecular flexibility index (Phi) is 6.41. The highest BCUT2D eigenvalue weighted by molar-refractivity contribution is 5.50. The van der Waals surface area contributed by atoms with Crippen LogP contribution >= 0.6 is 0 Å². The van der Waals surface area contributed by atoms with Gasteiger partial charge in [-0.1, -0.05) is 0 Å². The zero-order chi connectivity index (χ0) is 14.3. The van der Waals surface area contributed by atoms with Crippen LogP contribution in [-0.2, 0) is 6.54 Å². The largest absolute Gasteiger partial charge is 0.496 e. The van der Waals surface area contributed by atoms with Crippen molar-refractivity contribution < 1.29 is 24.4 Å². The van der Waals surface area contributed by atoms with Crippen LogP contribution in [0.15, 0.2) is 12.1 Å². The standard InChI is InChI=1S/C13H21NO5/c1-17-11-5-13(19-3)12(18-2)4-9(11)6-14-10(7-15)8-16/h4-5,10,14-16H,6-8H2,1-3H3. The molecule has 1 aromatic rings. The Labute approximate surface area is 112 Å². The van der Waals surface area contributed by atoms with Gasteiger partial charge in [0.15, 0.2) is 11.5 Å². The number of benzene rings is 1. The van der Waals surface area contributed by atoms with E-state index in [9.17, 15) is 0 Å². The van der Waals surface area contributed by atoms with Crippen molar-refractivity contribution in [3.05, 3.63) is 17.7 Å². The van der Waals surface area contributed by atoms with Crippen LogP contribution in [0.1, 0.15) is 5.56 Å². The van der Waals surface area contributed by atoms with E-state index in [0.717, 1.165) is 5.56 Å². The summed E-state index contributed by atoms with van der Waals surface area (Å²) in [6, 6.07) is 3.18. The van der Waals surface area contributed by atoms with Crippen LogP contribution in [0.2, 0.25) is 0 Å². The van der Waals surface area contributed by atoms with Crippen LogP contribution in [-0.4, -0.2) is 50.8 Å². The lowest BCUT2D eigenvalue weighted by Gasteiger charge is -2.17. The fourth-order valence-electron chi connectivity index (χ4n) is 1.67. The fraction of sp³-hybridized carbons (Fsp3) is 0.538. The van der Waals surface area contributed by atoms with Gasteiger partial charge in [-0.25, -0.2) is 0 Å². The summed E-state index contributed by atoms with van der Waals surface area (Å²) in [5.74, 6) is 1.84. The predicted molar refractivity (Wildman–Crippen MR) is 70.9 cm³/mol. The van der Waals surface area contributed by atoms with Gasteiger partial charge in [0.05, 0.1) is 40.6 Å². The van der Waals surface area contributed by atoms with Crippen molar-refractivity contribution in [3.63, 3.8) is 0 Å². The molecule has 3 N–H and O–H groups in total. The number of methoxy groups -OCH3 is 3. The molecule has 0 amide bonds. The molecule has 0 fully saturated rings.